The molecular formula is C12H19N3O3S. The molecule has 0 aliphatic heterocycles. The zero-order chi connectivity index (χ0) is 14.5. The number of rotatable bonds is 6. The van der Waals surface area contributed by atoms with Crippen molar-refractivity contribution in [3.63, 3.8) is 0 Å². The van der Waals surface area contributed by atoms with Crippen molar-refractivity contribution in [2.75, 3.05) is 11.9 Å². The molecule has 0 aliphatic carbocycles. The van der Waals surface area contributed by atoms with Gasteiger partial charge < -0.3 is 11.1 Å². The summed E-state index contributed by atoms with van der Waals surface area (Å²) in [7, 11) is -3.52. The average Bonchev–Trinajstić information content (AvgIpc) is 2.28. The van der Waals surface area contributed by atoms with Crippen LogP contribution in [0.5, 0.6) is 0 Å². The Balaban J connectivity index is 2.70. The van der Waals surface area contributed by atoms with Crippen molar-refractivity contribution in [1.82, 2.24) is 4.72 Å². The van der Waals surface area contributed by atoms with Crippen LogP contribution in [-0.2, 0) is 14.8 Å². The first kappa shape index (κ1) is 15.6. The van der Waals surface area contributed by atoms with Crippen molar-refractivity contribution in [3.05, 3.63) is 24.3 Å². The maximum atomic E-state index is 11.9. The smallest absolute Gasteiger partial charge is 0.240 e. The van der Waals surface area contributed by atoms with Crippen LogP contribution in [0.3, 0.4) is 0 Å². The normalized spacial score (nSPS) is 13.0. The summed E-state index contributed by atoms with van der Waals surface area (Å²) in [5.41, 5.74) is 6.11. The molecule has 0 aromatic heterocycles. The van der Waals surface area contributed by atoms with Gasteiger partial charge in [-0.15, -0.1) is 0 Å². The molecule has 0 fully saturated rings. The SMILES string of the molecule is CC(=O)Nc1ccc(S(=O)(=O)NCCC(C)N)cc1. The minimum absolute atomic E-state index is 0.0511. The van der Waals surface area contributed by atoms with Crippen molar-refractivity contribution >= 4 is 21.6 Å². The van der Waals surface area contributed by atoms with E-state index in [9.17, 15) is 13.2 Å². The first-order valence-electron chi connectivity index (χ1n) is 5.94. The molecule has 0 bridgehead atoms. The quantitative estimate of drug-likeness (QED) is 0.714. The first-order chi connectivity index (χ1) is 8.81. The molecule has 1 atom stereocenters. The van der Waals surface area contributed by atoms with Gasteiger partial charge in [0, 0.05) is 25.2 Å². The van der Waals surface area contributed by atoms with Crippen LogP contribution >= 0.6 is 0 Å². The van der Waals surface area contributed by atoms with E-state index in [1.54, 1.807) is 12.1 Å². The van der Waals surface area contributed by atoms with Crippen LogP contribution in [0, 0.1) is 0 Å². The molecule has 0 heterocycles. The number of hydrogen-bond donors (Lipinski definition) is 3. The van der Waals surface area contributed by atoms with Gasteiger partial charge in [0.1, 0.15) is 0 Å². The Hall–Kier alpha value is -1.44. The Morgan fingerprint density at radius 3 is 2.37 bits per heavy atom. The molecule has 0 radical (unpaired) electrons. The zero-order valence-electron chi connectivity index (χ0n) is 11.0. The van der Waals surface area contributed by atoms with Gasteiger partial charge in [0.25, 0.3) is 0 Å². The third-order valence-electron chi connectivity index (χ3n) is 2.38. The van der Waals surface area contributed by atoms with Gasteiger partial charge in [-0.05, 0) is 37.6 Å². The zero-order valence-corrected chi connectivity index (χ0v) is 11.8. The Bertz CT molecular complexity index is 524. The Morgan fingerprint density at radius 2 is 1.89 bits per heavy atom. The molecule has 0 saturated heterocycles. The van der Waals surface area contributed by atoms with Crippen LogP contribution in [0.25, 0.3) is 0 Å². The molecule has 1 unspecified atom stereocenters. The van der Waals surface area contributed by atoms with Gasteiger partial charge in [-0.3, -0.25) is 4.79 Å². The maximum absolute atomic E-state index is 11.9. The van der Waals surface area contributed by atoms with E-state index < -0.39 is 10.0 Å². The third-order valence-corrected chi connectivity index (χ3v) is 3.85. The van der Waals surface area contributed by atoms with E-state index in [1.807, 2.05) is 6.92 Å². The summed E-state index contributed by atoms with van der Waals surface area (Å²) in [6.45, 7) is 3.50. The number of carbonyl (C=O) groups is 1. The lowest BCUT2D eigenvalue weighted by Crippen LogP contribution is -2.29. The van der Waals surface area contributed by atoms with Crippen molar-refractivity contribution in [3.8, 4) is 0 Å². The van der Waals surface area contributed by atoms with Crippen LogP contribution in [0.15, 0.2) is 29.2 Å². The summed E-state index contributed by atoms with van der Waals surface area (Å²) in [5.74, 6) is -0.203. The van der Waals surface area contributed by atoms with E-state index in [1.165, 1.54) is 19.1 Å². The molecule has 1 amide bonds. The summed E-state index contributed by atoms with van der Waals surface area (Å²) in [6, 6.07) is 5.92. The lowest BCUT2D eigenvalue weighted by atomic mass is 10.3. The second-order valence-corrected chi connectivity index (χ2v) is 6.14. The van der Waals surface area contributed by atoms with Crippen LogP contribution in [-0.4, -0.2) is 26.9 Å². The molecule has 1 rings (SSSR count). The number of hydrogen-bond acceptors (Lipinski definition) is 4. The van der Waals surface area contributed by atoms with Gasteiger partial charge in [-0.2, -0.15) is 0 Å². The van der Waals surface area contributed by atoms with Crippen molar-refractivity contribution < 1.29 is 13.2 Å². The molecule has 106 valence electrons. The summed E-state index contributed by atoms with van der Waals surface area (Å²) in [6.07, 6.45) is 0.573. The predicted octanol–water partition coefficient (Wildman–Crippen LogP) is 0.661. The largest absolute Gasteiger partial charge is 0.328 e. The summed E-state index contributed by atoms with van der Waals surface area (Å²) in [5, 5.41) is 2.57. The first-order valence-corrected chi connectivity index (χ1v) is 7.42. The monoisotopic (exact) mass is 285 g/mol. The van der Waals surface area contributed by atoms with Gasteiger partial charge in [-0.1, -0.05) is 0 Å². The van der Waals surface area contributed by atoms with Crippen LogP contribution in [0.2, 0.25) is 0 Å². The molecule has 1 aromatic rings. The number of nitrogens with two attached hydrogens (primary N) is 1. The van der Waals surface area contributed by atoms with E-state index in [-0.39, 0.29) is 16.8 Å². The van der Waals surface area contributed by atoms with Gasteiger partial charge in [0.2, 0.25) is 15.9 Å². The molecule has 4 N–H and O–H groups in total. The highest BCUT2D eigenvalue weighted by Crippen LogP contribution is 2.13. The Morgan fingerprint density at radius 1 is 1.32 bits per heavy atom. The van der Waals surface area contributed by atoms with Gasteiger partial charge in [-0.25, -0.2) is 13.1 Å². The minimum Gasteiger partial charge on any atom is -0.328 e. The molecule has 19 heavy (non-hydrogen) atoms. The lowest BCUT2D eigenvalue weighted by Gasteiger charge is -2.09. The van der Waals surface area contributed by atoms with Gasteiger partial charge in [0.05, 0.1) is 4.90 Å². The fourth-order valence-corrected chi connectivity index (χ4v) is 2.47. The molecule has 0 aliphatic rings. The van der Waals surface area contributed by atoms with E-state index in [2.05, 4.69) is 10.0 Å². The number of anilines is 1. The number of sulfonamides is 1. The minimum atomic E-state index is -3.52. The van der Waals surface area contributed by atoms with Crippen LogP contribution < -0.4 is 15.8 Å². The van der Waals surface area contributed by atoms with Crippen molar-refractivity contribution in [1.29, 1.82) is 0 Å². The van der Waals surface area contributed by atoms with Crippen molar-refractivity contribution in [2.24, 2.45) is 5.73 Å². The van der Waals surface area contributed by atoms with E-state index >= 15 is 0 Å². The lowest BCUT2D eigenvalue weighted by molar-refractivity contribution is -0.114. The van der Waals surface area contributed by atoms with Gasteiger partial charge in [0.15, 0.2) is 0 Å². The van der Waals surface area contributed by atoms with E-state index in [0.29, 0.717) is 18.7 Å². The Labute approximate surface area is 113 Å². The summed E-state index contributed by atoms with van der Waals surface area (Å²) >= 11 is 0. The second-order valence-electron chi connectivity index (χ2n) is 4.37. The molecule has 1 aromatic carbocycles. The summed E-state index contributed by atoms with van der Waals surface area (Å²) < 4.78 is 26.3. The van der Waals surface area contributed by atoms with Crippen molar-refractivity contribution in [2.45, 2.75) is 31.2 Å². The topological polar surface area (TPSA) is 101 Å². The van der Waals surface area contributed by atoms with Crippen LogP contribution in [0.1, 0.15) is 20.3 Å². The maximum Gasteiger partial charge on any atom is 0.240 e. The average molecular weight is 285 g/mol. The predicted molar refractivity (Wildman–Crippen MR) is 74.2 cm³/mol. The number of carbonyl (C=O) groups excluding carboxylic acids is 1. The second kappa shape index (κ2) is 6.65. The van der Waals surface area contributed by atoms with E-state index in [4.69, 9.17) is 5.73 Å². The number of nitrogens with one attached hydrogen (secondary N) is 2. The fraction of sp³-hybridized carbons (Fsp3) is 0.417. The third kappa shape index (κ3) is 5.37. The number of amides is 1. The van der Waals surface area contributed by atoms with E-state index in [0.717, 1.165) is 0 Å². The van der Waals surface area contributed by atoms with Gasteiger partial charge >= 0.3 is 0 Å². The highest BCUT2D eigenvalue weighted by atomic mass is 32.2. The molecule has 0 spiro atoms. The molecular weight excluding hydrogens is 266 g/mol. The highest BCUT2D eigenvalue weighted by molar-refractivity contribution is 7.89. The Kier molecular flexibility index (Phi) is 5.46. The molecule has 6 nitrogen and oxygen atoms in total. The molecule has 7 heteroatoms. The standard InChI is InChI=1S/C12H19N3O3S/c1-9(13)7-8-14-19(17,18)12-5-3-11(4-6-12)15-10(2)16/h3-6,9,14H,7-8,13H2,1-2H3,(H,15,16). The summed E-state index contributed by atoms with van der Waals surface area (Å²) in [4.78, 5) is 11.0. The molecule has 0 saturated carbocycles. The van der Waals surface area contributed by atoms with Crippen LogP contribution in [0.4, 0.5) is 5.69 Å². The number of benzene rings is 1. The fourth-order valence-electron chi connectivity index (χ4n) is 1.42. The highest BCUT2D eigenvalue weighted by Gasteiger charge is 2.13.